The highest BCUT2D eigenvalue weighted by Crippen LogP contribution is 2.27. The van der Waals surface area contributed by atoms with Gasteiger partial charge in [-0.2, -0.15) is 0 Å². The van der Waals surface area contributed by atoms with Gasteiger partial charge < -0.3 is 10.2 Å². The van der Waals surface area contributed by atoms with Gasteiger partial charge in [-0.1, -0.05) is 65.7 Å². The van der Waals surface area contributed by atoms with Gasteiger partial charge in [-0.25, -0.2) is 12.8 Å². The van der Waals surface area contributed by atoms with Crippen LogP contribution in [-0.4, -0.2) is 50.5 Å². The topological polar surface area (TPSA) is 86.8 Å². The quantitative estimate of drug-likeness (QED) is 0.357. The Morgan fingerprint density at radius 1 is 0.947 bits per heavy atom. The van der Waals surface area contributed by atoms with Crippen LogP contribution in [-0.2, 0) is 32.6 Å². The van der Waals surface area contributed by atoms with Crippen molar-refractivity contribution in [2.45, 2.75) is 25.9 Å². The molecule has 1 N–H and O–H groups in total. The second-order valence-electron chi connectivity index (χ2n) is 8.65. The summed E-state index contributed by atoms with van der Waals surface area (Å²) in [5.41, 5.74) is 1.48. The molecule has 1 atom stereocenters. The molecule has 0 radical (unpaired) electrons. The van der Waals surface area contributed by atoms with Crippen molar-refractivity contribution in [1.82, 2.24) is 10.2 Å². The molecule has 0 heterocycles. The third-order valence-electron chi connectivity index (χ3n) is 5.70. The van der Waals surface area contributed by atoms with Crippen molar-refractivity contribution in [1.29, 1.82) is 0 Å². The van der Waals surface area contributed by atoms with Gasteiger partial charge in [0.05, 0.1) is 11.9 Å². The second kappa shape index (κ2) is 13.1. The number of rotatable bonds is 11. The molecule has 7 nitrogen and oxygen atoms in total. The Kier molecular flexibility index (Phi) is 10.1. The summed E-state index contributed by atoms with van der Waals surface area (Å²) in [5, 5.41) is 3.16. The number of carbonyl (C=O) groups excluding carboxylic acids is 2. The molecule has 3 aromatic carbocycles. The molecule has 0 aliphatic heterocycles. The zero-order chi connectivity index (χ0) is 27.9. The predicted molar refractivity (Wildman–Crippen MR) is 148 cm³/mol. The molecule has 2 amide bonds. The summed E-state index contributed by atoms with van der Waals surface area (Å²) < 4.78 is 40.0. The number of likely N-dealkylation sites (N-methyl/N-ethyl adjacent to an activating group) is 1. The number of hydrogen-bond acceptors (Lipinski definition) is 4. The predicted octanol–water partition coefficient (Wildman–Crippen LogP) is 4.67. The van der Waals surface area contributed by atoms with Crippen molar-refractivity contribution in [3.05, 3.63) is 99.8 Å². The number of benzene rings is 3. The van der Waals surface area contributed by atoms with Crippen LogP contribution >= 0.6 is 23.2 Å². The van der Waals surface area contributed by atoms with E-state index >= 15 is 0 Å². The molecule has 11 heteroatoms. The normalized spacial score (nSPS) is 12.0. The number of sulfonamides is 1. The summed E-state index contributed by atoms with van der Waals surface area (Å²) >= 11 is 12.2. The van der Waals surface area contributed by atoms with E-state index in [0.717, 1.165) is 16.1 Å². The van der Waals surface area contributed by atoms with Crippen molar-refractivity contribution in [3.8, 4) is 0 Å². The molecule has 0 aromatic heterocycles. The van der Waals surface area contributed by atoms with Crippen molar-refractivity contribution >= 4 is 50.7 Å². The second-order valence-corrected chi connectivity index (χ2v) is 11.4. The van der Waals surface area contributed by atoms with Crippen LogP contribution in [0.5, 0.6) is 0 Å². The summed E-state index contributed by atoms with van der Waals surface area (Å²) in [5.74, 6) is -1.48. The van der Waals surface area contributed by atoms with Crippen LogP contribution in [0.25, 0.3) is 0 Å². The number of amides is 2. The molecule has 38 heavy (non-hydrogen) atoms. The highest BCUT2D eigenvalue weighted by molar-refractivity contribution is 7.92. The molecule has 0 fully saturated rings. The molecule has 0 saturated carbocycles. The van der Waals surface area contributed by atoms with Crippen molar-refractivity contribution < 1.29 is 22.4 Å². The lowest BCUT2D eigenvalue weighted by Gasteiger charge is -2.33. The lowest BCUT2D eigenvalue weighted by atomic mass is 10.0. The lowest BCUT2D eigenvalue weighted by molar-refractivity contribution is -0.140. The SMILES string of the molecule is CCNC(=O)[C@@H](Cc1ccccc1)N(Cc1ccc(F)cc1)C(=O)CN(c1cc(Cl)cc(Cl)c1)S(C)(=O)=O. The van der Waals surface area contributed by atoms with Crippen LogP contribution in [0, 0.1) is 5.82 Å². The Morgan fingerprint density at radius 2 is 1.55 bits per heavy atom. The van der Waals surface area contributed by atoms with Gasteiger partial charge in [0.15, 0.2) is 0 Å². The Labute approximate surface area is 232 Å². The first kappa shape index (κ1) is 29.4. The molecule has 0 aliphatic carbocycles. The third kappa shape index (κ3) is 8.18. The average Bonchev–Trinajstić information content (AvgIpc) is 2.85. The van der Waals surface area contributed by atoms with E-state index in [2.05, 4.69) is 5.32 Å². The van der Waals surface area contributed by atoms with E-state index < -0.39 is 40.2 Å². The molecule has 0 saturated heterocycles. The van der Waals surface area contributed by atoms with Gasteiger partial charge in [-0.15, -0.1) is 0 Å². The van der Waals surface area contributed by atoms with Crippen molar-refractivity contribution in [3.63, 3.8) is 0 Å². The van der Waals surface area contributed by atoms with Crippen LogP contribution in [0.1, 0.15) is 18.1 Å². The molecule has 3 aromatic rings. The van der Waals surface area contributed by atoms with Gasteiger partial charge in [0.2, 0.25) is 21.8 Å². The first-order valence-corrected chi connectivity index (χ1v) is 14.4. The summed E-state index contributed by atoms with van der Waals surface area (Å²) in [7, 11) is -3.96. The number of nitrogens with one attached hydrogen (secondary N) is 1. The maximum Gasteiger partial charge on any atom is 0.244 e. The molecule has 3 rings (SSSR count). The minimum atomic E-state index is -3.96. The third-order valence-corrected chi connectivity index (χ3v) is 7.28. The largest absolute Gasteiger partial charge is 0.355 e. The molecule has 0 bridgehead atoms. The minimum absolute atomic E-state index is 0.0539. The maximum atomic E-state index is 13.9. The monoisotopic (exact) mass is 579 g/mol. The van der Waals surface area contributed by atoms with E-state index in [1.165, 1.54) is 47.4 Å². The first-order valence-electron chi connectivity index (χ1n) is 11.8. The van der Waals surface area contributed by atoms with E-state index in [9.17, 15) is 22.4 Å². The molecule has 0 spiro atoms. The van der Waals surface area contributed by atoms with Crippen LogP contribution < -0.4 is 9.62 Å². The number of anilines is 1. The van der Waals surface area contributed by atoms with Gasteiger partial charge >= 0.3 is 0 Å². The fraction of sp³-hybridized carbons (Fsp3) is 0.259. The van der Waals surface area contributed by atoms with Gasteiger partial charge in [-0.05, 0) is 48.4 Å². The van der Waals surface area contributed by atoms with Gasteiger partial charge in [0.25, 0.3) is 0 Å². The summed E-state index contributed by atoms with van der Waals surface area (Å²) in [4.78, 5) is 28.4. The van der Waals surface area contributed by atoms with Crippen LogP contribution in [0.3, 0.4) is 0 Å². The fourth-order valence-electron chi connectivity index (χ4n) is 3.93. The highest BCUT2D eigenvalue weighted by Gasteiger charge is 2.33. The fourth-order valence-corrected chi connectivity index (χ4v) is 5.28. The summed E-state index contributed by atoms with van der Waals surface area (Å²) in [6, 6.07) is 17.9. The molecule has 0 unspecified atom stereocenters. The number of nitrogens with zero attached hydrogens (tertiary/aromatic N) is 2. The smallest absolute Gasteiger partial charge is 0.244 e. The summed E-state index contributed by atoms with van der Waals surface area (Å²) in [6.45, 7) is 1.43. The number of carbonyl (C=O) groups is 2. The molecular formula is C27H28Cl2FN3O4S. The van der Waals surface area contributed by atoms with Gasteiger partial charge in [-0.3, -0.25) is 13.9 Å². The molecule has 0 aliphatic rings. The molecular weight excluding hydrogens is 552 g/mol. The zero-order valence-corrected chi connectivity index (χ0v) is 23.2. The summed E-state index contributed by atoms with van der Waals surface area (Å²) in [6.07, 6.45) is 1.14. The van der Waals surface area contributed by atoms with Crippen LogP contribution in [0.4, 0.5) is 10.1 Å². The minimum Gasteiger partial charge on any atom is -0.355 e. The number of hydrogen-bond donors (Lipinski definition) is 1. The maximum absolute atomic E-state index is 13.9. The average molecular weight is 581 g/mol. The van der Waals surface area contributed by atoms with Gasteiger partial charge in [0.1, 0.15) is 18.4 Å². The number of halogens is 3. The van der Waals surface area contributed by atoms with Crippen molar-refractivity contribution in [2.24, 2.45) is 0 Å². The first-order chi connectivity index (χ1) is 18.0. The van der Waals surface area contributed by atoms with E-state index in [-0.39, 0.29) is 28.7 Å². The Bertz CT molecular complexity index is 1350. The Hall–Kier alpha value is -3.14. The van der Waals surface area contributed by atoms with Crippen LogP contribution in [0.2, 0.25) is 10.0 Å². The standard InChI is InChI=1S/C27H28Cl2FN3O4S/c1-3-31-27(35)25(13-19-7-5-4-6-8-19)32(17-20-9-11-23(30)12-10-20)26(34)18-33(38(2,36)37)24-15-21(28)14-22(29)16-24/h4-12,14-16,25H,3,13,17-18H2,1-2H3,(H,31,35)/t25-/m1/s1. The van der Waals surface area contributed by atoms with E-state index in [0.29, 0.717) is 12.1 Å². The lowest BCUT2D eigenvalue weighted by Crippen LogP contribution is -2.53. The Balaban J connectivity index is 2.05. The van der Waals surface area contributed by atoms with E-state index in [4.69, 9.17) is 23.2 Å². The highest BCUT2D eigenvalue weighted by atomic mass is 35.5. The van der Waals surface area contributed by atoms with Crippen molar-refractivity contribution in [2.75, 3.05) is 23.7 Å². The van der Waals surface area contributed by atoms with Crippen LogP contribution in [0.15, 0.2) is 72.8 Å². The van der Waals surface area contributed by atoms with Gasteiger partial charge in [0, 0.05) is 29.6 Å². The van der Waals surface area contributed by atoms with E-state index in [1.807, 2.05) is 30.3 Å². The zero-order valence-electron chi connectivity index (χ0n) is 20.9. The molecule has 202 valence electrons. The van der Waals surface area contributed by atoms with E-state index in [1.54, 1.807) is 6.92 Å². The Morgan fingerprint density at radius 3 is 2.11 bits per heavy atom.